The van der Waals surface area contributed by atoms with Crippen LogP contribution in [0.15, 0.2) is 24.3 Å². The van der Waals surface area contributed by atoms with Crippen LogP contribution >= 0.6 is 0 Å². The molecule has 0 fully saturated rings. The summed E-state index contributed by atoms with van der Waals surface area (Å²) in [5, 5.41) is 0. The van der Waals surface area contributed by atoms with E-state index in [-0.39, 0.29) is 18.1 Å². The van der Waals surface area contributed by atoms with Gasteiger partial charge in [0.2, 0.25) is 0 Å². The first-order valence-electron chi connectivity index (χ1n) is 6.21. The highest BCUT2D eigenvalue weighted by Gasteiger charge is 2.30. The molecule has 19 heavy (non-hydrogen) atoms. The van der Waals surface area contributed by atoms with Crippen molar-refractivity contribution in [2.24, 2.45) is 11.7 Å². The molecular formula is C14H18F3NO. The predicted octanol–water partition coefficient (Wildman–Crippen LogP) is 3.19. The Bertz CT molecular complexity index is 429. The number of halogens is 3. The fourth-order valence-electron chi connectivity index (χ4n) is 1.70. The number of Topliss-reactive ketones (excluding diaryl/α,β-unsaturated/α-hetero) is 1. The third-order valence-corrected chi connectivity index (χ3v) is 2.97. The topological polar surface area (TPSA) is 43.1 Å². The number of alkyl halides is 3. The van der Waals surface area contributed by atoms with Crippen molar-refractivity contribution in [2.45, 2.75) is 32.4 Å². The molecule has 1 aromatic rings. The summed E-state index contributed by atoms with van der Waals surface area (Å²) in [5.74, 6) is 0.199. The summed E-state index contributed by atoms with van der Waals surface area (Å²) in [4.78, 5) is 11.7. The number of ketones is 1. The van der Waals surface area contributed by atoms with E-state index in [4.69, 9.17) is 5.73 Å². The summed E-state index contributed by atoms with van der Waals surface area (Å²) >= 11 is 0. The van der Waals surface area contributed by atoms with Crippen molar-refractivity contribution < 1.29 is 18.0 Å². The van der Waals surface area contributed by atoms with E-state index in [9.17, 15) is 18.0 Å². The maximum Gasteiger partial charge on any atom is 0.416 e. The Kier molecular flexibility index (Phi) is 5.54. The van der Waals surface area contributed by atoms with Gasteiger partial charge in [-0.2, -0.15) is 13.2 Å². The maximum atomic E-state index is 12.5. The first kappa shape index (κ1) is 15.7. The van der Waals surface area contributed by atoms with Crippen LogP contribution < -0.4 is 5.73 Å². The lowest BCUT2D eigenvalue weighted by atomic mass is 9.99. The molecule has 0 radical (unpaired) electrons. The van der Waals surface area contributed by atoms with E-state index < -0.39 is 11.7 Å². The maximum absolute atomic E-state index is 12.5. The molecule has 1 atom stereocenters. The van der Waals surface area contributed by atoms with Crippen molar-refractivity contribution in [1.29, 1.82) is 0 Å². The van der Waals surface area contributed by atoms with Crippen molar-refractivity contribution >= 4 is 5.78 Å². The Labute approximate surface area is 110 Å². The molecule has 0 aliphatic heterocycles. The van der Waals surface area contributed by atoms with Gasteiger partial charge in [0.25, 0.3) is 0 Å². The fraction of sp³-hybridized carbons (Fsp3) is 0.500. The summed E-state index contributed by atoms with van der Waals surface area (Å²) in [6.45, 7) is 2.45. The highest BCUT2D eigenvalue weighted by Crippen LogP contribution is 2.29. The highest BCUT2D eigenvalue weighted by molar-refractivity contribution is 5.80. The SMILES string of the molecule is CC(CN)CCC(=O)Cc1cccc(C(F)(F)F)c1. The van der Waals surface area contributed by atoms with Crippen LogP contribution in [0.5, 0.6) is 0 Å². The average Bonchev–Trinajstić information content (AvgIpc) is 2.35. The van der Waals surface area contributed by atoms with Crippen molar-refractivity contribution in [1.82, 2.24) is 0 Å². The average molecular weight is 273 g/mol. The Morgan fingerprint density at radius 2 is 2.05 bits per heavy atom. The monoisotopic (exact) mass is 273 g/mol. The lowest BCUT2D eigenvalue weighted by molar-refractivity contribution is -0.137. The van der Waals surface area contributed by atoms with Crippen molar-refractivity contribution in [3.63, 3.8) is 0 Å². The molecule has 0 saturated carbocycles. The van der Waals surface area contributed by atoms with Crippen LogP contribution in [0.1, 0.15) is 30.9 Å². The minimum atomic E-state index is -4.37. The number of nitrogens with two attached hydrogens (primary N) is 1. The van der Waals surface area contributed by atoms with Crippen LogP contribution in [0, 0.1) is 5.92 Å². The number of carbonyl (C=O) groups excluding carboxylic acids is 1. The van der Waals surface area contributed by atoms with Crippen LogP contribution in [0.3, 0.4) is 0 Å². The predicted molar refractivity (Wildman–Crippen MR) is 67.6 cm³/mol. The Morgan fingerprint density at radius 3 is 2.63 bits per heavy atom. The first-order chi connectivity index (χ1) is 8.82. The lowest BCUT2D eigenvalue weighted by Crippen LogP contribution is -2.13. The molecule has 0 amide bonds. The van der Waals surface area contributed by atoms with Crippen molar-refractivity contribution in [3.8, 4) is 0 Å². The second-order valence-electron chi connectivity index (χ2n) is 4.79. The van der Waals surface area contributed by atoms with E-state index in [0.29, 0.717) is 24.9 Å². The lowest BCUT2D eigenvalue weighted by Gasteiger charge is -2.09. The van der Waals surface area contributed by atoms with Gasteiger partial charge in [-0.15, -0.1) is 0 Å². The van der Waals surface area contributed by atoms with Crippen LogP contribution in [-0.4, -0.2) is 12.3 Å². The smallest absolute Gasteiger partial charge is 0.330 e. The normalized spacial score (nSPS) is 13.3. The summed E-state index contributed by atoms with van der Waals surface area (Å²) in [6, 6.07) is 4.90. The zero-order chi connectivity index (χ0) is 14.5. The van der Waals surface area contributed by atoms with Gasteiger partial charge < -0.3 is 5.73 Å². The van der Waals surface area contributed by atoms with Gasteiger partial charge in [0.15, 0.2) is 0 Å². The molecule has 2 N–H and O–H groups in total. The van der Waals surface area contributed by atoms with E-state index in [2.05, 4.69) is 0 Å². The standard InChI is InChI=1S/C14H18F3NO/c1-10(9-18)5-6-13(19)8-11-3-2-4-12(7-11)14(15,16)17/h2-4,7,10H,5-6,8-9,18H2,1H3. The molecule has 0 aliphatic rings. The quantitative estimate of drug-likeness (QED) is 0.865. The van der Waals surface area contributed by atoms with E-state index in [1.807, 2.05) is 6.92 Å². The molecule has 1 aromatic carbocycles. The minimum absolute atomic E-state index is 0.0429. The molecule has 106 valence electrons. The van der Waals surface area contributed by atoms with E-state index in [1.165, 1.54) is 6.07 Å². The van der Waals surface area contributed by atoms with Gasteiger partial charge >= 0.3 is 6.18 Å². The molecule has 0 aliphatic carbocycles. The molecule has 1 unspecified atom stereocenters. The summed E-state index contributed by atoms with van der Waals surface area (Å²) in [7, 11) is 0. The highest BCUT2D eigenvalue weighted by atomic mass is 19.4. The van der Waals surface area contributed by atoms with E-state index in [0.717, 1.165) is 12.1 Å². The molecular weight excluding hydrogens is 255 g/mol. The zero-order valence-electron chi connectivity index (χ0n) is 10.8. The van der Waals surface area contributed by atoms with Crippen LogP contribution in [-0.2, 0) is 17.4 Å². The molecule has 1 rings (SSSR count). The van der Waals surface area contributed by atoms with Gasteiger partial charge in [-0.05, 0) is 30.5 Å². The second kappa shape index (κ2) is 6.70. The summed E-state index contributed by atoms with van der Waals surface area (Å²) in [6.07, 6.45) is -3.29. The Hall–Kier alpha value is -1.36. The number of benzene rings is 1. The summed E-state index contributed by atoms with van der Waals surface area (Å²) < 4.78 is 37.5. The van der Waals surface area contributed by atoms with Crippen molar-refractivity contribution in [3.05, 3.63) is 35.4 Å². The van der Waals surface area contributed by atoms with E-state index >= 15 is 0 Å². The van der Waals surface area contributed by atoms with Gasteiger partial charge in [-0.3, -0.25) is 4.79 Å². The third kappa shape index (κ3) is 5.42. The van der Waals surface area contributed by atoms with Gasteiger partial charge in [0.05, 0.1) is 5.56 Å². The molecule has 0 spiro atoms. The third-order valence-electron chi connectivity index (χ3n) is 2.97. The molecule has 5 heteroatoms. The van der Waals surface area contributed by atoms with Crippen LogP contribution in [0.2, 0.25) is 0 Å². The minimum Gasteiger partial charge on any atom is -0.330 e. The van der Waals surface area contributed by atoms with Gasteiger partial charge in [0.1, 0.15) is 5.78 Å². The zero-order valence-corrected chi connectivity index (χ0v) is 10.8. The number of hydrogen-bond acceptors (Lipinski definition) is 2. The van der Waals surface area contributed by atoms with E-state index in [1.54, 1.807) is 6.07 Å². The van der Waals surface area contributed by atoms with Gasteiger partial charge in [-0.1, -0.05) is 25.1 Å². The van der Waals surface area contributed by atoms with Gasteiger partial charge in [-0.25, -0.2) is 0 Å². The second-order valence-corrected chi connectivity index (χ2v) is 4.79. The van der Waals surface area contributed by atoms with Crippen molar-refractivity contribution in [2.75, 3.05) is 6.54 Å². The largest absolute Gasteiger partial charge is 0.416 e. The van der Waals surface area contributed by atoms with Gasteiger partial charge in [0, 0.05) is 12.8 Å². The van der Waals surface area contributed by atoms with Crippen LogP contribution in [0.25, 0.3) is 0 Å². The molecule has 0 aromatic heterocycles. The fourth-order valence-corrected chi connectivity index (χ4v) is 1.70. The molecule has 0 bridgehead atoms. The summed E-state index contributed by atoms with van der Waals surface area (Å²) in [5.41, 5.74) is 5.13. The Morgan fingerprint density at radius 1 is 1.37 bits per heavy atom. The molecule has 2 nitrogen and oxygen atoms in total. The number of rotatable bonds is 6. The number of carbonyl (C=O) groups is 1. The molecule has 0 saturated heterocycles. The first-order valence-corrected chi connectivity index (χ1v) is 6.21. The van der Waals surface area contributed by atoms with Crippen LogP contribution in [0.4, 0.5) is 13.2 Å². The number of hydrogen-bond donors (Lipinski definition) is 1. The Balaban J connectivity index is 2.60. The molecule has 0 heterocycles.